The van der Waals surface area contributed by atoms with E-state index in [1.807, 2.05) is 0 Å². The summed E-state index contributed by atoms with van der Waals surface area (Å²) in [5.74, 6) is 5.25. The monoisotopic (exact) mass is 247 g/mol. The minimum Gasteiger partial charge on any atom is -0.285 e. The Morgan fingerprint density at radius 1 is 0.933 bits per heavy atom. The van der Waals surface area contributed by atoms with Gasteiger partial charge in [-0.05, 0) is 37.3 Å². The zero-order valence-corrected chi connectivity index (χ0v) is 11.7. The molecular weight excluding hydrogens is 222 g/mol. The van der Waals surface area contributed by atoms with Crippen LogP contribution in [0.25, 0.3) is 0 Å². The highest BCUT2D eigenvalue weighted by Crippen LogP contribution is 2.16. The van der Waals surface area contributed by atoms with Crippen LogP contribution < -0.4 is 0 Å². The highest BCUT2D eigenvalue weighted by Gasteiger charge is 2.05. The maximum atomic E-state index is 2.63. The first-order chi connectivity index (χ1) is 7.43. The Morgan fingerprint density at radius 2 is 1.53 bits per heavy atom. The number of thioether (sulfide) groups is 2. The number of unbranched alkanes of at least 4 members (excludes halogenated alkanes) is 1. The summed E-state index contributed by atoms with van der Waals surface area (Å²) in [5, 5.41) is 0. The van der Waals surface area contributed by atoms with Gasteiger partial charge in [0.05, 0.1) is 0 Å². The lowest BCUT2D eigenvalue weighted by Crippen LogP contribution is -2.24. The highest BCUT2D eigenvalue weighted by molar-refractivity contribution is 8.00. The third kappa shape index (κ3) is 7.53. The summed E-state index contributed by atoms with van der Waals surface area (Å²) in [7, 11) is 0. The normalized spacial score (nSPS) is 22.2. The van der Waals surface area contributed by atoms with Crippen molar-refractivity contribution in [3.05, 3.63) is 0 Å². The lowest BCUT2D eigenvalue weighted by atomic mass is 10.2. The van der Waals surface area contributed by atoms with Crippen LogP contribution in [0.15, 0.2) is 0 Å². The molecular formula is C12H25NS2. The van der Waals surface area contributed by atoms with E-state index in [-0.39, 0.29) is 0 Å². The fourth-order valence-electron chi connectivity index (χ4n) is 1.70. The summed E-state index contributed by atoms with van der Waals surface area (Å²) in [6, 6.07) is 0. The minimum atomic E-state index is 1.26. The first-order valence-electron chi connectivity index (χ1n) is 6.31. The van der Waals surface area contributed by atoms with Crippen LogP contribution in [-0.2, 0) is 0 Å². The van der Waals surface area contributed by atoms with Crippen LogP contribution in [0.5, 0.6) is 0 Å². The fraction of sp³-hybridized carbons (Fsp3) is 1.00. The molecule has 1 saturated heterocycles. The molecule has 0 N–H and O–H groups in total. The van der Waals surface area contributed by atoms with E-state index in [2.05, 4.69) is 35.3 Å². The molecule has 1 aliphatic heterocycles. The van der Waals surface area contributed by atoms with Crippen LogP contribution in [0, 0.1) is 0 Å². The van der Waals surface area contributed by atoms with E-state index in [0.717, 1.165) is 0 Å². The first kappa shape index (κ1) is 13.7. The number of nitrogens with zero attached hydrogens (tertiary/aromatic N) is 1. The maximum absolute atomic E-state index is 2.63. The van der Waals surface area contributed by atoms with Crippen molar-refractivity contribution in [2.75, 3.05) is 29.8 Å². The van der Waals surface area contributed by atoms with Crippen molar-refractivity contribution in [2.45, 2.75) is 45.4 Å². The van der Waals surface area contributed by atoms with E-state index in [1.54, 1.807) is 0 Å². The Labute approximate surface area is 104 Å². The molecule has 90 valence electrons. The SMILES string of the molecule is CCCCN1CSCCCCCCSC1. The molecule has 0 radical (unpaired) electrons. The van der Waals surface area contributed by atoms with Gasteiger partial charge in [0.15, 0.2) is 0 Å². The van der Waals surface area contributed by atoms with Crippen molar-refractivity contribution in [1.29, 1.82) is 0 Å². The van der Waals surface area contributed by atoms with Gasteiger partial charge in [-0.15, -0.1) is 23.5 Å². The smallest absolute Gasteiger partial charge is 0.0452 e. The average Bonchev–Trinajstić information content (AvgIpc) is 2.31. The van der Waals surface area contributed by atoms with Gasteiger partial charge in [-0.1, -0.05) is 26.2 Å². The van der Waals surface area contributed by atoms with Crippen molar-refractivity contribution in [3.63, 3.8) is 0 Å². The minimum absolute atomic E-state index is 1.26. The van der Waals surface area contributed by atoms with E-state index in [4.69, 9.17) is 0 Å². The molecule has 0 bridgehead atoms. The second-order valence-electron chi connectivity index (χ2n) is 4.24. The van der Waals surface area contributed by atoms with Gasteiger partial charge in [-0.2, -0.15) is 0 Å². The molecule has 1 rings (SSSR count). The standard InChI is InChI=1S/C12H25NS2/c1-2-3-8-13-11-14-9-6-4-5-7-10-15-12-13/h2-12H2,1H3. The maximum Gasteiger partial charge on any atom is 0.0452 e. The molecule has 1 heterocycles. The molecule has 0 saturated carbocycles. The molecule has 1 fully saturated rings. The summed E-state index contributed by atoms with van der Waals surface area (Å²) in [6.45, 7) is 3.59. The first-order valence-corrected chi connectivity index (χ1v) is 8.62. The van der Waals surface area contributed by atoms with Crippen molar-refractivity contribution < 1.29 is 0 Å². The summed E-state index contributed by atoms with van der Waals surface area (Å²) in [4.78, 5) is 2.63. The Morgan fingerprint density at radius 3 is 2.07 bits per heavy atom. The third-order valence-corrected chi connectivity index (χ3v) is 4.95. The molecule has 0 spiro atoms. The van der Waals surface area contributed by atoms with Crippen LogP contribution in [0.2, 0.25) is 0 Å². The van der Waals surface area contributed by atoms with Crippen molar-refractivity contribution in [1.82, 2.24) is 4.90 Å². The van der Waals surface area contributed by atoms with Gasteiger partial charge in [0, 0.05) is 11.8 Å². The Hall–Kier alpha value is 0.660. The molecule has 0 atom stereocenters. The van der Waals surface area contributed by atoms with E-state index < -0.39 is 0 Å². The van der Waals surface area contributed by atoms with Crippen molar-refractivity contribution in [2.24, 2.45) is 0 Å². The number of rotatable bonds is 3. The van der Waals surface area contributed by atoms with Gasteiger partial charge in [-0.3, -0.25) is 4.90 Å². The molecule has 0 aromatic rings. The predicted octanol–water partition coefficient (Wildman–Crippen LogP) is 4.04. The van der Waals surface area contributed by atoms with Crippen LogP contribution in [-0.4, -0.2) is 34.7 Å². The molecule has 0 amide bonds. The molecule has 0 aliphatic carbocycles. The summed E-state index contributed by atoms with van der Waals surface area (Å²) in [6.07, 6.45) is 8.44. The Balaban J connectivity index is 2.19. The predicted molar refractivity (Wildman–Crippen MR) is 74.7 cm³/mol. The second-order valence-corrected chi connectivity index (χ2v) is 6.39. The van der Waals surface area contributed by atoms with Gasteiger partial charge in [0.1, 0.15) is 0 Å². The van der Waals surface area contributed by atoms with Gasteiger partial charge >= 0.3 is 0 Å². The highest BCUT2D eigenvalue weighted by atomic mass is 32.2. The molecule has 15 heavy (non-hydrogen) atoms. The summed E-state index contributed by atoms with van der Waals surface area (Å²) >= 11 is 4.26. The molecule has 3 heteroatoms. The number of hydrogen-bond donors (Lipinski definition) is 0. The van der Waals surface area contributed by atoms with Gasteiger partial charge in [0.2, 0.25) is 0 Å². The quantitative estimate of drug-likeness (QED) is 0.741. The lowest BCUT2D eigenvalue weighted by Gasteiger charge is -2.20. The van der Waals surface area contributed by atoms with Crippen molar-refractivity contribution >= 4 is 23.5 Å². The summed E-state index contributed by atoms with van der Waals surface area (Å²) < 4.78 is 0. The van der Waals surface area contributed by atoms with Crippen LogP contribution in [0.3, 0.4) is 0 Å². The van der Waals surface area contributed by atoms with Gasteiger partial charge < -0.3 is 0 Å². The van der Waals surface area contributed by atoms with Crippen LogP contribution in [0.4, 0.5) is 0 Å². The number of hydrogen-bond acceptors (Lipinski definition) is 3. The average molecular weight is 247 g/mol. The van der Waals surface area contributed by atoms with Gasteiger partial charge in [-0.25, -0.2) is 0 Å². The Kier molecular flexibility index (Phi) is 9.02. The Bertz CT molecular complexity index is 130. The van der Waals surface area contributed by atoms with Crippen LogP contribution in [0.1, 0.15) is 45.4 Å². The fourth-order valence-corrected chi connectivity index (χ4v) is 3.84. The van der Waals surface area contributed by atoms with Crippen molar-refractivity contribution in [3.8, 4) is 0 Å². The van der Waals surface area contributed by atoms with Crippen LogP contribution >= 0.6 is 23.5 Å². The zero-order valence-electron chi connectivity index (χ0n) is 10.0. The topological polar surface area (TPSA) is 3.24 Å². The lowest BCUT2D eigenvalue weighted by molar-refractivity contribution is 0.369. The zero-order chi connectivity index (χ0) is 10.8. The summed E-state index contributed by atoms with van der Waals surface area (Å²) in [5.41, 5.74) is 0. The van der Waals surface area contributed by atoms with E-state index in [0.29, 0.717) is 0 Å². The molecule has 1 nitrogen and oxygen atoms in total. The molecule has 0 unspecified atom stereocenters. The molecule has 1 aliphatic rings. The molecule has 0 aromatic heterocycles. The third-order valence-electron chi connectivity index (χ3n) is 2.70. The van der Waals surface area contributed by atoms with E-state index >= 15 is 0 Å². The second kappa shape index (κ2) is 9.86. The molecule has 0 aromatic carbocycles. The van der Waals surface area contributed by atoms with E-state index in [9.17, 15) is 0 Å². The van der Waals surface area contributed by atoms with E-state index in [1.165, 1.54) is 68.3 Å². The largest absolute Gasteiger partial charge is 0.285 e. The van der Waals surface area contributed by atoms with Gasteiger partial charge in [0.25, 0.3) is 0 Å².